The second kappa shape index (κ2) is 3.73. The number of pyridine rings is 1. The molecule has 3 heterocycles. The molecule has 3 rings (SSSR count). The molecule has 88 valence electrons. The zero-order chi connectivity index (χ0) is 11.8. The van der Waals surface area contributed by atoms with Crippen LogP contribution in [0.1, 0.15) is 6.42 Å². The molecule has 0 saturated carbocycles. The van der Waals surface area contributed by atoms with Gasteiger partial charge < -0.3 is 10.0 Å². The number of nitrogens with zero attached hydrogens (tertiary/aromatic N) is 4. The van der Waals surface area contributed by atoms with Crippen molar-refractivity contribution in [3.05, 3.63) is 24.4 Å². The number of aliphatic carboxylic acids is 1. The molecule has 0 aromatic carbocycles. The average molecular weight is 232 g/mol. The van der Waals surface area contributed by atoms with E-state index >= 15 is 0 Å². The van der Waals surface area contributed by atoms with Gasteiger partial charge >= 0.3 is 5.97 Å². The third-order valence-electron chi connectivity index (χ3n) is 3.12. The van der Waals surface area contributed by atoms with Crippen molar-refractivity contribution in [1.82, 2.24) is 14.6 Å². The van der Waals surface area contributed by atoms with Crippen LogP contribution in [-0.2, 0) is 4.79 Å². The van der Waals surface area contributed by atoms with Gasteiger partial charge in [0.1, 0.15) is 0 Å². The fourth-order valence-corrected chi connectivity index (χ4v) is 2.19. The Morgan fingerprint density at radius 3 is 3.06 bits per heavy atom. The highest BCUT2D eigenvalue weighted by molar-refractivity contribution is 5.71. The molecule has 2 aromatic rings. The summed E-state index contributed by atoms with van der Waals surface area (Å²) in [6.45, 7) is 1.22. The normalized spacial score (nSPS) is 20.0. The summed E-state index contributed by atoms with van der Waals surface area (Å²) >= 11 is 0. The van der Waals surface area contributed by atoms with E-state index in [9.17, 15) is 4.79 Å². The topological polar surface area (TPSA) is 70.7 Å². The number of hydrogen-bond donors (Lipinski definition) is 1. The Bertz CT molecular complexity index is 565. The largest absolute Gasteiger partial charge is 0.481 e. The van der Waals surface area contributed by atoms with Crippen molar-refractivity contribution >= 4 is 17.6 Å². The zero-order valence-electron chi connectivity index (χ0n) is 9.15. The van der Waals surface area contributed by atoms with Crippen LogP contribution in [0.2, 0.25) is 0 Å². The van der Waals surface area contributed by atoms with E-state index in [0.717, 1.165) is 11.6 Å². The molecular weight excluding hydrogens is 220 g/mol. The van der Waals surface area contributed by atoms with E-state index in [-0.39, 0.29) is 5.92 Å². The van der Waals surface area contributed by atoms with Crippen molar-refractivity contribution in [3.63, 3.8) is 0 Å². The molecule has 6 nitrogen and oxygen atoms in total. The first-order valence-electron chi connectivity index (χ1n) is 5.53. The number of aromatic nitrogens is 3. The van der Waals surface area contributed by atoms with Crippen molar-refractivity contribution in [3.8, 4) is 0 Å². The van der Waals surface area contributed by atoms with Gasteiger partial charge in [0.15, 0.2) is 5.65 Å². The van der Waals surface area contributed by atoms with Gasteiger partial charge in [0, 0.05) is 19.3 Å². The van der Waals surface area contributed by atoms with Crippen LogP contribution in [-0.4, -0.2) is 38.8 Å². The molecule has 1 saturated heterocycles. The molecule has 2 aromatic heterocycles. The van der Waals surface area contributed by atoms with Crippen LogP contribution in [0.15, 0.2) is 24.4 Å². The molecule has 0 aliphatic carbocycles. The summed E-state index contributed by atoms with van der Waals surface area (Å²) in [6.07, 6.45) is 2.55. The third-order valence-corrected chi connectivity index (χ3v) is 3.12. The van der Waals surface area contributed by atoms with E-state index in [1.807, 2.05) is 33.7 Å². The fourth-order valence-electron chi connectivity index (χ4n) is 2.19. The minimum atomic E-state index is -0.735. The van der Waals surface area contributed by atoms with Crippen molar-refractivity contribution in [2.75, 3.05) is 18.0 Å². The number of carboxylic acids is 1. The Hall–Kier alpha value is -2.11. The molecule has 1 unspecified atom stereocenters. The maximum absolute atomic E-state index is 10.9. The Morgan fingerprint density at radius 2 is 2.29 bits per heavy atom. The van der Waals surface area contributed by atoms with E-state index in [1.54, 1.807) is 0 Å². The van der Waals surface area contributed by atoms with Crippen LogP contribution in [0.25, 0.3) is 5.65 Å². The lowest BCUT2D eigenvalue weighted by atomic mass is 10.1. The van der Waals surface area contributed by atoms with E-state index in [0.29, 0.717) is 19.5 Å². The van der Waals surface area contributed by atoms with Gasteiger partial charge in [-0.1, -0.05) is 6.07 Å². The quantitative estimate of drug-likeness (QED) is 0.822. The van der Waals surface area contributed by atoms with E-state index in [4.69, 9.17) is 5.11 Å². The van der Waals surface area contributed by atoms with E-state index in [1.165, 1.54) is 0 Å². The number of rotatable bonds is 2. The number of anilines is 1. The lowest BCUT2D eigenvalue weighted by Crippen LogP contribution is -2.24. The van der Waals surface area contributed by atoms with Gasteiger partial charge in [0.2, 0.25) is 5.95 Å². The van der Waals surface area contributed by atoms with Crippen molar-refractivity contribution in [1.29, 1.82) is 0 Å². The highest BCUT2D eigenvalue weighted by Gasteiger charge is 2.30. The number of carbonyl (C=O) groups is 1. The van der Waals surface area contributed by atoms with Crippen LogP contribution < -0.4 is 4.90 Å². The summed E-state index contributed by atoms with van der Waals surface area (Å²) in [4.78, 5) is 12.9. The Labute approximate surface area is 97.5 Å². The molecule has 1 N–H and O–H groups in total. The van der Waals surface area contributed by atoms with Crippen LogP contribution in [0.5, 0.6) is 0 Å². The standard InChI is InChI=1S/C11H12N4O2/c16-10(17)8-4-6-14(7-8)11-13-12-9-3-1-2-5-15(9)11/h1-3,5,8H,4,6-7H2,(H,16,17). The highest BCUT2D eigenvalue weighted by Crippen LogP contribution is 2.22. The Morgan fingerprint density at radius 1 is 1.41 bits per heavy atom. The molecule has 17 heavy (non-hydrogen) atoms. The summed E-state index contributed by atoms with van der Waals surface area (Å²) in [5, 5.41) is 17.1. The SMILES string of the molecule is O=C(O)C1CCN(c2nnc3ccccn23)C1. The minimum Gasteiger partial charge on any atom is -0.481 e. The summed E-state index contributed by atoms with van der Waals surface area (Å²) in [5.74, 6) is -0.309. The van der Waals surface area contributed by atoms with E-state index in [2.05, 4.69) is 10.2 Å². The highest BCUT2D eigenvalue weighted by atomic mass is 16.4. The fraction of sp³-hybridized carbons (Fsp3) is 0.364. The average Bonchev–Trinajstić information content (AvgIpc) is 2.95. The monoisotopic (exact) mass is 232 g/mol. The third kappa shape index (κ3) is 1.61. The van der Waals surface area contributed by atoms with Gasteiger partial charge in [-0.25, -0.2) is 0 Å². The number of fused-ring (bicyclic) bond motifs is 1. The predicted octanol–water partition coefficient (Wildman–Crippen LogP) is 0.640. The molecule has 1 fully saturated rings. The van der Waals surface area contributed by atoms with Gasteiger partial charge in [-0.2, -0.15) is 0 Å². The maximum Gasteiger partial charge on any atom is 0.308 e. The lowest BCUT2D eigenvalue weighted by Gasteiger charge is -2.14. The first kappa shape index (κ1) is 10.1. The van der Waals surface area contributed by atoms with Crippen molar-refractivity contribution in [2.45, 2.75) is 6.42 Å². The summed E-state index contributed by atoms with van der Waals surface area (Å²) in [7, 11) is 0. The first-order valence-corrected chi connectivity index (χ1v) is 5.53. The second-order valence-corrected chi connectivity index (χ2v) is 4.20. The number of carboxylic acid groups (broad SMARTS) is 1. The lowest BCUT2D eigenvalue weighted by molar-refractivity contribution is -0.140. The Kier molecular flexibility index (Phi) is 2.21. The Balaban J connectivity index is 1.93. The van der Waals surface area contributed by atoms with Gasteiger partial charge in [0.25, 0.3) is 0 Å². The molecule has 0 radical (unpaired) electrons. The smallest absolute Gasteiger partial charge is 0.308 e. The molecule has 0 amide bonds. The molecular formula is C11H12N4O2. The summed E-state index contributed by atoms with van der Waals surface area (Å²) in [6, 6.07) is 5.68. The molecule has 0 spiro atoms. The first-order chi connectivity index (χ1) is 8.25. The predicted molar refractivity (Wildman–Crippen MR) is 60.9 cm³/mol. The number of hydrogen-bond acceptors (Lipinski definition) is 4. The van der Waals surface area contributed by atoms with Gasteiger partial charge in [-0.15, -0.1) is 10.2 Å². The van der Waals surface area contributed by atoms with Gasteiger partial charge in [0.05, 0.1) is 5.92 Å². The van der Waals surface area contributed by atoms with Crippen LogP contribution in [0.4, 0.5) is 5.95 Å². The van der Waals surface area contributed by atoms with Crippen LogP contribution in [0.3, 0.4) is 0 Å². The molecule has 6 heteroatoms. The molecule has 0 bridgehead atoms. The van der Waals surface area contributed by atoms with Crippen LogP contribution in [0, 0.1) is 5.92 Å². The second-order valence-electron chi connectivity index (χ2n) is 4.20. The summed E-state index contributed by atoms with van der Waals surface area (Å²) in [5.41, 5.74) is 0.779. The molecule has 1 aliphatic rings. The zero-order valence-corrected chi connectivity index (χ0v) is 9.15. The molecule has 1 aliphatic heterocycles. The van der Waals surface area contributed by atoms with Crippen molar-refractivity contribution < 1.29 is 9.90 Å². The maximum atomic E-state index is 10.9. The van der Waals surface area contributed by atoms with Crippen LogP contribution >= 0.6 is 0 Å². The van der Waals surface area contributed by atoms with Gasteiger partial charge in [-0.05, 0) is 18.6 Å². The minimum absolute atomic E-state index is 0.300. The summed E-state index contributed by atoms with van der Waals surface area (Å²) < 4.78 is 1.88. The van der Waals surface area contributed by atoms with E-state index < -0.39 is 5.97 Å². The van der Waals surface area contributed by atoms with Crippen molar-refractivity contribution in [2.24, 2.45) is 5.92 Å². The van der Waals surface area contributed by atoms with Gasteiger partial charge in [-0.3, -0.25) is 9.20 Å². The molecule has 1 atom stereocenters.